The molecule has 3 aromatic rings. The number of hydrogen-bond acceptors (Lipinski definition) is 6. The first kappa shape index (κ1) is 20.0. The first-order chi connectivity index (χ1) is 14.3. The molecule has 0 saturated carbocycles. The Hall–Kier alpha value is -3.26. The van der Waals surface area contributed by atoms with E-state index in [2.05, 4.69) is 0 Å². The summed E-state index contributed by atoms with van der Waals surface area (Å²) >= 11 is 0. The second-order valence-electron chi connectivity index (χ2n) is 7.76. The lowest BCUT2D eigenvalue weighted by Gasteiger charge is -2.16. The Bertz CT molecular complexity index is 1150. The lowest BCUT2D eigenvalue weighted by atomic mass is 10.1. The molecule has 0 aliphatic carbocycles. The number of rotatable bonds is 5. The average Bonchev–Trinajstić information content (AvgIpc) is 3.30. The van der Waals surface area contributed by atoms with Crippen molar-refractivity contribution >= 4 is 22.8 Å². The van der Waals surface area contributed by atoms with E-state index in [9.17, 15) is 9.90 Å². The molecule has 0 radical (unpaired) electrons. The minimum absolute atomic E-state index is 0.0514. The predicted octanol–water partition coefficient (Wildman–Crippen LogP) is 2.90. The van der Waals surface area contributed by atoms with Crippen molar-refractivity contribution in [1.82, 2.24) is 9.55 Å². The molecule has 1 aliphatic rings. The number of fused-ring (bicyclic) bond motifs is 1. The van der Waals surface area contributed by atoms with E-state index in [1.54, 1.807) is 23.6 Å². The van der Waals surface area contributed by atoms with E-state index >= 15 is 0 Å². The molecule has 3 heterocycles. The standard InChI is InChI=1S/C22H26N4O4/c1-11-6-7-16(27)13(3)18(11)26-19(23)17(20(24)28)15-9-12(2)22(25-21(15)26)30-10-14-5-4-8-29-14/h6-7,9,14,27H,4-5,8,10,23H2,1-3H3,(H2,24,28)/t14-/m0/s1. The fourth-order valence-corrected chi connectivity index (χ4v) is 4.05. The molecule has 2 aromatic heterocycles. The molecule has 0 spiro atoms. The smallest absolute Gasteiger partial charge is 0.253 e. The fourth-order valence-electron chi connectivity index (χ4n) is 4.05. The van der Waals surface area contributed by atoms with Gasteiger partial charge in [0.15, 0.2) is 5.65 Å². The van der Waals surface area contributed by atoms with Crippen molar-refractivity contribution < 1.29 is 19.4 Å². The Labute approximate surface area is 174 Å². The number of phenols is 1. The SMILES string of the molecule is Cc1cc2c(C(N)=O)c(N)n(-c3c(C)ccc(O)c3C)c2nc1OC[C@@H]1CCCO1. The van der Waals surface area contributed by atoms with Crippen molar-refractivity contribution in [2.24, 2.45) is 5.73 Å². The molecule has 1 amide bonds. The maximum absolute atomic E-state index is 12.2. The lowest BCUT2D eigenvalue weighted by molar-refractivity contribution is 0.0662. The van der Waals surface area contributed by atoms with Crippen LogP contribution in [0.1, 0.15) is 39.9 Å². The Kier molecular flexibility index (Phi) is 5.03. The molecule has 30 heavy (non-hydrogen) atoms. The van der Waals surface area contributed by atoms with Gasteiger partial charge in [0.25, 0.3) is 5.91 Å². The summed E-state index contributed by atoms with van der Waals surface area (Å²) in [6.45, 7) is 6.70. The van der Waals surface area contributed by atoms with Crippen molar-refractivity contribution in [3.63, 3.8) is 0 Å². The Morgan fingerprint density at radius 1 is 1.33 bits per heavy atom. The predicted molar refractivity (Wildman–Crippen MR) is 114 cm³/mol. The molecule has 4 rings (SSSR count). The molecule has 1 fully saturated rings. The second-order valence-corrected chi connectivity index (χ2v) is 7.76. The summed E-state index contributed by atoms with van der Waals surface area (Å²) < 4.78 is 13.2. The number of carbonyl (C=O) groups is 1. The summed E-state index contributed by atoms with van der Waals surface area (Å²) in [5, 5.41) is 10.8. The molecule has 0 bridgehead atoms. The van der Waals surface area contributed by atoms with Crippen LogP contribution in [0.4, 0.5) is 5.82 Å². The van der Waals surface area contributed by atoms with E-state index in [-0.39, 0.29) is 23.2 Å². The van der Waals surface area contributed by atoms with Gasteiger partial charge in [-0.1, -0.05) is 6.07 Å². The third-order valence-corrected chi connectivity index (χ3v) is 5.63. The maximum Gasteiger partial charge on any atom is 0.253 e. The van der Waals surface area contributed by atoms with Crippen LogP contribution in [-0.4, -0.2) is 39.9 Å². The number of nitrogens with zero attached hydrogens (tertiary/aromatic N) is 2. The highest BCUT2D eigenvalue weighted by molar-refractivity contribution is 6.11. The molecule has 0 unspecified atom stereocenters. The van der Waals surface area contributed by atoms with Crippen LogP contribution >= 0.6 is 0 Å². The van der Waals surface area contributed by atoms with Crippen molar-refractivity contribution in [3.8, 4) is 17.3 Å². The number of aryl methyl sites for hydroxylation is 2. The molecule has 1 aliphatic heterocycles. The van der Waals surface area contributed by atoms with Crippen LogP contribution in [0, 0.1) is 20.8 Å². The van der Waals surface area contributed by atoms with Crippen LogP contribution in [0.15, 0.2) is 18.2 Å². The first-order valence-corrected chi connectivity index (χ1v) is 9.94. The molecule has 158 valence electrons. The van der Waals surface area contributed by atoms with Crippen LogP contribution in [0.2, 0.25) is 0 Å². The lowest BCUT2D eigenvalue weighted by Crippen LogP contribution is -2.17. The number of nitrogens with two attached hydrogens (primary N) is 2. The number of benzene rings is 1. The second kappa shape index (κ2) is 7.53. The topological polar surface area (TPSA) is 126 Å². The van der Waals surface area contributed by atoms with Gasteiger partial charge in [-0.25, -0.2) is 0 Å². The zero-order valence-corrected chi connectivity index (χ0v) is 17.4. The molecule has 8 nitrogen and oxygen atoms in total. The summed E-state index contributed by atoms with van der Waals surface area (Å²) in [5.74, 6) is 0.112. The van der Waals surface area contributed by atoms with Gasteiger partial charge in [0.1, 0.15) is 18.2 Å². The normalized spacial score (nSPS) is 16.3. The number of aromatic nitrogens is 2. The molecular weight excluding hydrogens is 384 g/mol. The summed E-state index contributed by atoms with van der Waals surface area (Å²) in [5.41, 5.74) is 15.6. The highest BCUT2D eigenvalue weighted by atomic mass is 16.5. The van der Waals surface area contributed by atoms with Gasteiger partial charge in [-0.05, 0) is 51.3 Å². The number of phenolic OH excluding ortho intramolecular Hbond substituents is 1. The van der Waals surface area contributed by atoms with Gasteiger partial charge in [0, 0.05) is 23.1 Å². The van der Waals surface area contributed by atoms with Gasteiger partial charge in [-0.15, -0.1) is 0 Å². The highest BCUT2D eigenvalue weighted by Crippen LogP contribution is 2.37. The summed E-state index contributed by atoms with van der Waals surface area (Å²) in [7, 11) is 0. The average molecular weight is 410 g/mol. The quantitative estimate of drug-likeness (QED) is 0.594. The number of ether oxygens (including phenoxy) is 2. The van der Waals surface area contributed by atoms with Gasteiger partial charge in [0.05, 0.1) is 17.4 Å². The first-order valence-electron chi connectivity index (χ1n) is 9.94. The van der Waals surface area contributed by atoms with Gasteiger partial charge in [0.2, 0.25) is 5.88 Å². The van der Waals surface area contributed by atoms with Gasteiger partial charge in [-0.3, -0.25) is 9.36 Å². The number of hydrogen-bond donors (Lipinski definition) is 3. The van der Waals surface area contributed by atoms with E-state index in [0.717, 1.165) is 30.6 Å². The Morgan fingerprint density at radius 3 is 2.77 bits per heavy atom. The highest BCUT2D eigenvalue weighted by Gasteiger charge is 2.25. The molecule has 1 aromatic carbocycles. The third kappa shape index (κ3) is 3.23. The van der Waals surface area contributed by atoms with Crippen molar-refractivity contribution in [1.29, 1.82) is 0 Å². The molecular formula is C22H26N4O4. The van der Waals surface area contributed by atoms with Crippen LogP contribution in [-0.2, 0) is 4.74 Å². The number of nitrogen functional groups attached to an aromatic ring is 1. The number of anilines is 1. The number of carbonyl (C=O) groups excluding carboxylic acids is 1. The van der Waals surface area contributed by atoms with Crippen molar-refractivity contribution in [2.45, 2.75) is 39.7 Å². The Morgan fingerprint density at radius 2 is 2.10 bits per heavy atom. The summed E-state index contributed by atoms with van der Waals surface area (Å²) in [6, 6.07) is 5.22. The number of amides is 1. The third-order valence-electron chi connectivity index (χ3n) is 5.63. The van der Waals surface area contributed by atoms with E-state index in [1.807, 2.05) is 19.9 Å². The number of primary amides is 1. The molecule has 1 atom stereocenters. The van der Waals surface area contributed by atoms with E-state index in [1.165, 1.54) is 0 Å². The molecule has 5 N–H and O–H groups in total. The molecule has 1 saturated heterocycles. The van der Waals surface area contributed by atoms with E-state index < -0.39 is 5.91 Å². The van der Waals surface area contributed by atoms with Gasteiger partial charge >= 0.3 is 0 Å². The fraction of sp³-hybridized carbons (Fsp3) is 0.364. The minimum atomic E-state index is -0.638. The van der Waals surface area contributed by atoms with E-state index in [0.29, 0.717) is 34.8 Å². The van der Waals surface area contributed by atoms with Crippen LogP contribution in [0.5, 0.6) is 11.6 Å². The zero-order valence-electron chi connectivity index (χ0n) is 17.4. The molecule has 8 heteroatoms. The zero-order chi connectivity index (χ0) is 21.6. The maximum atomic E-state index is 12.2. The monoisotopic (exact) mass is 410 g/mol. The number of pyridine rings is 1. The van der Waals surface area contributed by atoms with Crippen LogP contribution in [0.25, 0.3) is 16.7 Å². The van der Waals surface area contributed by atoms with Crippen molar-refractivity contribution in [3.05, 3.63) is 40.5 Å². The number of aromatic hydroxyl groups is 1. The summed E-state index contributed by atoms with van der Waals surface area (Å²) in [6.07, 6.45) is 2.03. The van der Waals surface area contributed by atoms with Crippen molar-refractivity contribution in [2.75, 3.05) is 18.9 Å². The minimum Gasteiger partial charge on any atom is -0.508 e. The van der Waals surface area contributed by atoms with Crippen LogP contribution < -0.4 is 16.2 Å². The van der Waals surface area contributed by atoms with Crippen LogP contribution in [0.3, 0.4) is 0 Å². The summed E-state index contributed by atoms with van der Waals surface area (Å²) in [4.78, 5) is 16.9. The Balaban J connectivity index is 1.93. The van der Waals surface area contributed by atoms with Gasteiger partial charge in [-0.2, -0.15) is 4.98 Å². The largest absolute Gasteiger partial charge is 0.508 e. The van der Waals surface area contributed by atoms with Gasteiger partial charge < -0.3 is 26.0 Å². The van der Waals surface area contributed by atoms with E-state index in [4.69, 9.17) is 25.9 Å².